The average Bonchev–Trinajstić information content (AvgIpc) is 2.28. The zero-order valence-electron chi connectivity index (χ0n) is 8.79. The molecule has 0 atom stereocenters. The number of nitrogens with zero attached hydrogens (tertiary/aromatic N) is 1. The molecule has 0 aromatic heterocycles. The Hall–Kier alpha value is -1.82. The van der Waals surface area contributed by atoms with Gasteiger partial charge in [0.15, 0.2) is 0 Å². The fraction of sp³-hybridized carbons (Fsp3) is 0.333. The lowest BCUT2D eigenvalue weighted by molar-refractivity contribution is -0.105. The molecule has 0 aliphatic heterocycles. The molecule has 3 nitrogen and oxygen atoms in total. The minimum Gasteiger partial charge on any atom is -0.328 e. The second-order valence-corrected chi connectivity index (χ2v) is 3.35. The molecule has 3 heteroatoms. The first-order valence-electron chi connectivity index (χ1n) is 5.05. The van der Waals surface area contributed by atoms with E-state index in [1.54, 1.807) is 12.1 Å². The molecule has 0 fully saturated rings. The molecule has 0 radical (unpaired) electrons. The van der Waals surface area contributed by atoms with Crippen LogP contribution >= 0.6 is 0 Å². The summed E-state index contributed by atoms with van der Waals surface area (Å²) in [4.78, 5) is 10.4. The van der Waals surface area contributed by atoms with Crippen LogP contribution in [0.25, 0.3) is 0 Å². The highest BCUT2D eigenvalue weighted by Gasteiger charge is 2.02. The van der Waals surface area contributed by atoms with Crippen LogP contribution in [0.5, 0.6) is 0 Å². The lowest BCUT2D eigenvalue weighted by Gasteiger charge is -2.07. The Morgan fingerprint density at radius 1 is 1.53 bits per heavy atom. The van der Waals surface area contributed by atoms with E-state index < -0.39 is 0 Å². The standard InChI is InChI=1S/C12H14N2O/c1-2-3-4-11-7-10(8-13)5-6-12(11)14-9-15/h5-7,9H,2-4H2,1H3,(H,14,15). The SMILES string of the molecule is CCCCc1cc(C#N)ccc1NC=O. The van der Waals surface area contributed by atoms with Crippen molar-refractivity contribution in [3.8, 4) is 6.07 Å². The molecule has 0 saturated carbocycles. The number of hydrogen-bond acceptors (Lipinski definition) is 2. The molecule has 0 unspecified atom stereocenters. The molecule has 0 spiro atoms. The molecule has 78 valence electrons. The molecular weight excluding hydrogens is 188 g/mol. The third-order valence-corrected chi connectivity index (χ3v) is 2.25. The minimum atomic E-state index is 0.637. The molecule has 0 bridgehead atoms. The molecular formula is C12H14N2O. The number of carbonyl (C=O) groups excluding carboxylic acids is 1. The van der Waals surface area contributed by atoms with Crippen LogP contribution < -0.4 is 5.32 Å². The smallest absolute Gasteiger partial charge is 0.211 e. The summed E-state index contributed by atoms with van der Waals surface area (Å²) in [6.45, 7) is 2.11. The molecule has 1 amide bonds. The van der Waals surface area contributed by atoms with Gasteiger partial charge >= 0.3 is 0 Å². The molecule has 15 heavy (non-hydrogen) atoms. The largest absolute Gasteiger partial charge is 0.328 e. The molecule has 0 heterocycles. The second kappa shape index (κ2) is 5.82. The van der Waals surface area contributed by atoms with E-state index in [1.165, 1.54) is 0 Å². The number of rotatable bonds is 5. The van der Waals surface area contributed by atoms with Gasteiger partial charge in [-0.05, 0) is 36.6 Å². The van der Waals surface area contributed by atoms with Gasteiger partial charge in [0.05, 0.1) is 11.6 Å². The van der Waals surface area contributed by atoms with E-state index in [9.17, 15) is 4.79 Å². The van der Waals surface area contributed by atoms with E-state index >= 15 is 0 Å². The molecule has 1 aromatic rings. The summed E-state index contributed by atoms with van der Waals surface area (Å²) in [6.07, 6.45) is 3.71. The summed E-state index contributed by atoms with van der Waals surface area (Å²) < 4.78 is 0. The fourth-order valence-electron chi connectivity index (χ4n) is 1.44. The van der Waals surface area contributed by atoms with Crippen molar-refractivity contribution in [3.63, 3.8) is 0 Å². The second-order valence-electron chi connectivity index (χ2n) is 3.35. The number of unbranched alkanes of at least 4 members (excludes halogenated alkanes) is 1. The van der Waals surface area contributed by atoms with Gasteiger partial charge < -0.3 is 5.32 Å². The highest BCUT2D eigenvalue weighted by molar-refractivity contribution is 5.73. The topological polar surface area (TPSA) is 52.9 Å². The van der Waals surface area contributed by atoms with Crippen molar-refractivity contribution < 1.29 is 4.79 Å². The quantitative estimate of drug-likeness (QED) is 0.746. The number of nitrogens with one attached hydrogen (secondary N) is 1. The van der Waals surface area contributed by atoms with Crippen LogP contribution in [0.2, 0.25) is 0 Å². The molecule has 0 saturated heterocycles. The molecule has 1 rings (SSSR count). The maximum Gasteiger partial charge on any atom is 0.211 e. The van der Waals surface area contributed by atoms with Gasteiger partial charge in [-0.2, -0.15) is 5.26 Å². The predicted octanol–water partition coefficient (Wildman–Crippen LogP) is 2.47. The summed E-state index contributed by atoms with van der Waals surface area (Å²) in [7, 11) is 0. The third kappa shape index (κ3) is 3.10. The van der Waals surface area contributed by atoms with Crippen LogP contribution in [0, 0.1) is 11.3 Å². The summed E-state index contributed by atoms with van der Waals surface area (Å²) in [5, 5.41) is 11.4. The van der Waals surface area contributed by atoms with E-state index in [0.29, 0.717) is 12.0 Å². The van der Waals surface area contributed by atoms with Crippen molar-refractivity contribution in [1.82, 2.24) is 0 Å². The van der Waals surface area contributed by atoms with Gasteiger partial charge in [0.25, 0.3) is 0 Å². The van der Waals surface area contributed by atoms with E-state index in [0.717, 1.165) is 30.5 Å². The number of anilines is 1. The maximum absolute atomic E-state index is 10.4. The van der Waals surface area contributed by atoms with Crippen molar-refractivity contribution >= 4 is 12.1 Å². The van der Waals surface area contributed by atoms with Gasteiger partial charge in [-0.15, -0.1) is 0 Å². The van der Waals surface area contributed by atoms with Gasteiger partial charge in [0.2, 0.25) is 6.41 Å². The van der Waals surface area contributed by atoms with E-state index in [2.05, 4.69) is 18.3 Å². The number of nitriles is 1. The number of amides is 1. The van der Waals surface area contributed by atoms with Crippen LogP contribution in [0.15, 0.2) is 18.2 Å². The zero-order chi connectivity index (χ0) is 11.1. The lowest BCUT2D eigenvalue weighted by atomic mass is 10.0. The predicted molar refractivity (Wildman–Crippen MR) is 59.5 cm³/mol. The monoisotopic (exact) mass is 202 g/mol. The number of carbonyl (C=O) groups is 1. The highest BCUT2D eigenvalue weighted by Crippen LogP contribution is 2.19. The van der Waals surface area contributed by atoms with E-state index in [-0.39, 0.29) is 0 Å². The van der Waals surface area contributed by atoms with Crippen molar-refractivity contribution in [2.75, 3.05) is 5.32 Å². The number of hydrogen-bond donors (Lipinski definition) is 1. The highest BCUT2D eigenvalue weighted by atomic mass is 16.1. The van der Waals surface area contributed by atoms with Crippen LogP contribution in [0.3, 0.4) is 0 Å². The van der Waals surface area contributed by atoms with Crippen LogP contribution in [0.4, 0.5) is 5.69 Å². The summed E-state index contributed by atoms with van der Waals surface area (Å²) in [6, 6.07) is 7.42. The number of aryl methyl sites for hydroxylation is 1. The van der Waals surface area contributed by atoms with E-state index in [4.69, 9.17) is 5.26 Å². The maximum atomic E-state index is 10.4. The summed E-state index contributed by atoms with van der Waals surface area (Å²) in [5.41, 5.74) is 2.47. The van der Waals surface area contributed by atoms with Crippen molar-refractivity contribution in [2.24, 2.45) is 0 Å². The van der Waals surface area contributed by atoms with Crippen LogP contribution in [0.1, 0.15) is 30.9 Å². The fourth-order valence-corrected chi connectivity index (χ4v) is 1.44. The van der Waals surface area contributed by atoms with Crippen LogP contribution in [-0.2, 0) is 11.2 Å². The first kappa shape index (κ1) is 11.3. The lowest BCUT2D eigenvalue weighted by Crippen LogP contribution is -1.99. The average molecular weight is 202 g/mol. The summed E-state index contributed by atoms with van der Waals surface area (Å²) in [5.74, 6) is 0. The van der Waals surface area contributed by atoms with Gasteiger partial charge in [0, 0.05) is 5.69 Å². The number of benzene rings is 1. The first-order chi connectivity index (χ1) is 7.31. The molecule has 0 aliphatic carbocycles. The Balaban J connectivity index is 2.94. The Morgan fingerprint density at radius 2 is 2.33 bits per heavy atom. The van der Waals surface area contributed by atoms with Crippen LogP contribution in [-0.4, -0.2) is 6.41 Å². The zero-order valence-corrected chi connectivity index (χ0v) is 8.79. The van der Waals surface area contributed by atoms with Gasteiger partial charge in [-0.1, -0.05) is 13.3 Å². The summed E-state index contributed by atoms with van der Waals surface area (Å²) >= 11 is 0. The van der Waals surface area contributed by atoms with Gasteiger partial charge in [-0.3, -0.25) is 4.79 Å². The van der Waals surface area contributed by atoms with Gasteiger partial charge in [-0.25, -0.2) is 0 Å². The minimum absolute atomic E-state index is 0.637. The third-order valence-electron chi connectivity index (χ3n) is 2.25. The normalized spacial score (nSPS) is 9.33. The van der Waals surface area contributed by atoms with E-state index in [1.807, 2.05) is 6.07 Å². The van der Waals surface area contributed by atoms with Crippen molar-refractivity contribution in [3.05, 3.63) is 29.3 Å². The Bertz CT molecular complexity index is 380. The Morgan fingerprint density at radius 3 is 2.93 bits per heavy atom. The molecule has 1 N–H and O–H groups in total. The molecule has 1 aromatic carbocycles. The van der Waals surface area contributed by atoms with Gasteiger partial charge in [0.1, 0.15) is 0 Å². The first-order valence-corrected chi connectivity index (χ1v) is 5.05. The Labute approximate surface area is 89.7 Å². The van der Waals surface area contributed by atoms with Crippen molar-refractivity contribution in [2.45, 2.75) is 26.2 Å². The Kier molecular flexibility index (Phi) is 4.36. The van der Waals surface area contributed by atoms with Crippen molar-refractivity contribution in [1.29, 1.82) is 5.26 Å². The molecule has 0 aliphatic rings.